The van der Waals surface area contributed by atoms with Crippen molar-refractivity contribution >= 4 is 11.9 Å². The molecule has 5 heteroatoms. The van der Waals surface area contributed by atoms with Gasteiger partial charge < -0.3 is 14.4 Å². The third-order valence-electron chi connectivity index (χ3n) is 3.70. The first-order valence-corrected chi connectivity index (χ1v) is 6.37. The second-order valence-corrected chi connectivity index (χ2v) is 4.81. The number of amides is 1. The van der Waals surface area contributed by atoms with E-state index in [-0.39, 0.29) is 11.9 Å². The highest BCUT2D eigenvalue weighted by Crippen LogP contribution is 2.30. The number of methoxy groups -OCH3 is 1. The Hall–Kier alpha value is -2.04. The lowest BCUT2D eigenvalue weighted by atomic mass is 10.1. The predicted octanol–water partition coefficient (Wildman–Crippen LogP) is 1.47. The summed E-state index contributed by atoms with van der Waals surface area (Å²) in [5, 5.41) is 0. The Morgan fingerprint density at radius 1 is 1.47 bits per heavy atom. The van der Waals surface area contributed by atoms with Gasteiger partial charge in [0.1, 0.15) is 12.4 Å². The molecule has 0 aliphatic carbocycles. The maximum absolute atomic E-state index is 12.5. The Kier molecular flexibility index (Phi) is 2.89. The van der Waals surface area contributed by atoms with Crippen molar-refractivity contribution in [2.24, 2.45) is 0 Å². The lowest BCUT2D eigenvalue weighted by Crippen LogP contribution is -2.36. The van der Waals surface area contributed by atoms with E-state index in [0.29, 0.717) is 23.5 Å². The normalized spacial score (nSPS) is 21.2. The highest BCUT2D eigenvalue weighted by atomic mass is 16.5. The highest BCUT2D eigenvalue weighted by Gasteiger charge is 2.34. The van der Waals surface area contributed by atoms with Gasteiger partial charge in [0, 0.05) is 6.54 Å². The number of fused-ring (bicyclic) bond motifs is 2. The molecule has 0 bridgehead atoms. The minimum Gasteiger partial charge on any atom is -0.491 e. The van der Waals surface area contributed by atoms with Gasteiger partial charge in [0.25, 0.3) is 5.91 Å². The Morgan fingerprint density at radius 2 is 2.32 bits per heavy atom. The van der Waals surface area contributed by atoms with Crippen LogP contribution in [-0.2, 0) is 4.74 Å². The molecule has 2 aliphatic heterocycles. The molecule has 0 unspecified atom stereocenters. The maximum Gasteiger partial charge on any atom is 0.337 e. The van der Waals surface area contributed by atoms with Crippen LogP contribution in [0.4, 0.5) is 0 Å². The summed E-state index contributed by atoms with van der Waals surface area (Å²) in [4.78, 5) is 25.8. The van der Waals surface area contributed by atoms with Crippen molar-refractivity contribution in [1.29, 1.82) is 0 Å². The number of benzene rings is 1. The lowest BCUT2D eigenvalue weighted by molar-refractivity contribution is 0.0600. The molecule has 2 aliphatic rings. The van der Waals surface area contributed by atoms with Crippen molar-refractivity contribution in [3.63, 3.8) is 0 Å². The van der Waals surface area contributed by atoms with E-state index in [1.807, 2.05) is 4.90 Å². The lowest BCUT2D eigenvalue weighted by Gasteiger charge is -2.20. The van der Waals surface area contributed by atoms with E-state index in [0.717, 1.165) is 19.4 Å². The van der Waals surface area contributed by atoms with Gasteiger partial charge >= 0.3 is 5.97 Å². The summed E-state index contributed by atoms with van der Waals surface area (Å²) in [5.41, 5.74) is 0.822. The van der Waals surface area contributed by atoms with Crippen molar-refractivity contribution in [3.8, 4) is 5.75 Å². The van der Waals surface area contributed by atoms with Gasteiger partial charge in [-0.05, 0) is 31.0 Å². The monoisotopic (exact) mass is 261 g/mol. The Labute approximate surface area is 111 Å². The largest absolute Gasteiger partial charge is 0.491 e. The standard InChI is InChI=1S/C14H15NO4/c1-18-14(17)9-4-5-12-11(7-9)13(16)15-6-2-3-10(15)8-19-12/h4-5,7,10H,2-3,6,8H2,1H3/t10-/m0/s1. The average molecular weight is 261 g/mol. The Bertz CT molecular complexity index is 540. The summed E-state index contributed by atoms with van der Waals surface area (Å²) < 4.78 is 10.4. The molecular weight excluding hydrogens is 246 g/mol. The van der Waals surface area contributed by atoms with Gasteiger partial charge in [-0.15, -0.1) is 0 Å². The van der Waals surface area contributed by atoms with Crippen molar-refractivity contribution < 1.29 is 19.1 Å². The molecule has 1 aromatic rings. The number of hydrogen-bond acceptors (Lipinski definition) is 4. The zero-order chi connectivity index (χ0) is 13.4. The molecule has 0 aromatic heterocycles. The molecule has 2 heterocycles. The average Bonchev–Trinajstić information content (AvgIpc) is 2.87. The summed E-state index contributed by atoms with van der Waals surface area (Å²) in [6, 6.07) is 5.00. The molecule has 5 nitrogen and oxygen atoms in total. The minimum absolute atomic E-state index is 0.0549. The van der Waals surface area contributed by atoms with Crippen molar-refractivity contribution in [3.05, 3.63) is 29.3 Å². The summed E-state index contributed by atoms with van der Waals surface area (Å²) in [6.07, 6.45) is 1.98. The SMILES string of the molecule is COC(=O)c1ccc2c(c1)C(=O)N1CCC[C@H]1CO2. The molecule has 0 spiro atoms. The van der Waals surface area contributed by atoms with E-state index in [4.69, 9.17) is 4.74 Å². The van der Waals surface area contributed by atoms with Gasteiger partial charge in [-0.2, -0.15) is 0 Å². The Morgan fingerprint density at radius 3 is 3.11 bits per heavy atom. The molecule has 19 heavy (non-hydrogen) atoms. The first kappa shape index (κ1) is 12.0. The van der Waals surface area contributed by atoms with Crippen molar-refractivity contribution in [2.75, 3.05) is 20.3 Å². The van der Waals surface area contributed by atoms with E-state index in [2.05, 4.69) is 4.74 Å². The van der Waals surface area contributed by atoms with Crippen molar-refractivity contribution in [1.82, 2.24) is 4.90 Å². The smallest absolute Gasteiger partial charge is 0.337 e. The zero-order valence-corrected chi connectivity index (χ0v) is 10.7. The third-order valence-corrected chi connectivity index (χ3v) is 3.70. The van der Waals surface area contributed by atoms with Gasteiger partial charge in [0.2, 0.25) is 0 Å². The molecule has 100 valence electrons. The molecule has 0 radical (unpaired) electrons. The van der Waals surface area contributed by atoms with Crippen LogP contribution in [0.25, 0.3) is 0 Å². The molecule has 1 fully saturated rings. The molecular formula is C14H15NO4. The molecule has 1 saturated heterocycles. The summed E-state index contributed by atoms with van der Waals surface area (Å²) in [6.45, 7) is 1.28. The highest BCUT2D eigenvalue weighted by molar-refractivity contribution is 6.00. The predicted molar refractivity (Wildman–Crippen MR) is 67.3 cm³/mol. The van der Waals surface area contributed by atoms with Crippen LogP contribution in [0.15, 0.2) is 18.2 Å². The number of rotatable bonds is 1. The van der Waals surface area contributed by atoms with Gasteiger partial charge in [0.05, 0.1) is 24.3 Å². The quantitative estimate of drug-likeness (QED) is 0.718. The van der Waals surface area contributed by atoms with Gasteiger partial charge in [0.15, 0.2) is 0 Å². The summed E-state index contributed by atoms with van der Waals surface area (Å²) >= 11 is 0. The van der Waals surface area contributed by atoms with Crippen LogP contribution in [0.3, 0.4) is 0 Å². The van der Waals surface area contributed by atoms with E-state index < -0.39 is 5.97 Å². The van der Waals surface area contributed by atoms with Gasteiger partial charge in [-0.1, -0.05) is 0 Å². The van der Waals surface area contributed by atoms with Crippen LogP contribution in [0.2, 0.25) is 0 Å². The summed E-state index contributed by atoms with van der Waals surface area (Å²) in [7, 11) is 1.32. The number of carbonyl (C=O) groups excluding carboxylic acids is 2. The zero-order valence-electron chi connectivity index (χ0n) is 10.7. The van der Waals surface area contributed by atoms with Crippen LogP contribution >= 0.6 is 0 Å². The topological polar surface area (TPSA) is 55.8 Å². The van der Waals surface area contributed by atoms with E-state index in [9.17, 15) is 9.59 Å². The molecule has 0 saturated carbocycles. The third kappa shape index (κ3) is 1.95. The van der Waals surface area contributed by atoms with Crippen LogP contribution in [0.5, 0.6) is 5.75 Å². The van der Waals surface area contributed by atoms with Crippen LogP contribution in [0.1, 0.15) is 33.6 Å². The first-order valence-electron chi connectivity index (χ1n) is 6.37. The van der Waals surface area contributed by atoms with E-state index in [1.54, 1.807) is 18.2 Å². The fourth-order valence-corrected chi connectivity index (χ4v) is 2.68. The second kappa shape index (κ2) is 4.57. The second-order valence-electron chi connectivity index (χ2n) is 4.81. The molecule has 1 amide bonds. The molecule has 1 atom stereocenters. The molecule has 1 aromatic carbocycles. The van der Waals surface area contributed by atoms with Crippen LogP contribution < -0.4 is 4.74 Å². The van der Waals surface area contributed by atoms with E-state index in [1.165, 1.54) is 7.11 Å². The number of ether oxygens (including phenoxy) is 2. The van der Waals surface area contributed by atoms with Gasteiger partial charge in [-0.25, -0.2) is 4.79 Å². The Balaban J connectivity index is 2.01. The number of esters is 1. The minimum atomic E-state index is -0.446. The number of nitrogens with zero attached hydrogens (tertiary/aromatic N) is 1. The first-order chi connectivity index (χ1) is 9.20. The number of hydrogen-bond donors (Lipinski definition) is 0. The van der Waals surface area contributed by atoms with Gasteiger partial charge in [-0.3, -0.25) is 4.79 Å². The maximum atomic E-state index is 12.5. The summed E-state index contributed by atoms with van der Waals surface area (Å²) in [5.74, 6) is 0.0469. The fraction of sp³-hybridized carbons (Fsp3) is 0.429. The molecule has 3 rings (SSSR count). The van der Waals surface area contributed by atoms with Crippen LogP contribution in [0, 0.1) is 0 Å². The molecule has 0 N–H and O–H groups in total. The van der Waals surface area contributed by atoms with E-state index >= 15 is 0 Å². The fourth-order valence-electron chi connectivity index (χ4n) is 2.68. The number of carbonyl (C=O) groups is 2. The van der Waals surface area contributed by atoms with Crippen molar-refractivity contribution in [2.45, 2.75) is 18.9 Å². The van der Waals surface area contributed by atoms with Crippen LogP contribution in [-0.4, -0.2) is 43.1 Å².